The number of esters is 1. The number of nitrogens with zero attached hydrogens (tertiary/aromatic N) is 7. The third-order valence-corrected chi connectivity index (χ3v) is 8.93. The van der Waals surface area contributed by atoms with Crippen LogP contribution < -0.4 is 10.6 Å². The predicted molar refractivity (Wildman–Crippen MR) is 185 cm³/mol. The van der Waals surface area contributed by atoms with E-state index >= 15 is 8.78 Å². The van der Waals surface area contributed by atoms with Crippen molar-refractivity contribution in [1.29, 1.82) is 0 Å². The van der Waals surface area contributed by atoms with Gasteiger partial charge in [-0.2, -0.15) is 0 Å². The van der Waals surface area contributed by atoms with Gasteiger partial charge in [0.1, 0.15) is 22.9 Å². The zero-order valence-electron chi connectivity index (χ0n) is 28.2. The molecule has 4 heterocycles. The first-order valence-electron chi connectivity index (χ1n) is 16.5. The summed E-state index contributed by atoms with van der Waals surface area (Å²) in [4.78, 5) is 34.5. The van der Waals surface area contributed by atoms with E-state index in [1.807, 2.05) is 37.4 Å². The molecule has 1 atom stereocenters. The van der Waals surface area contributed by atoms with Crippen molar-refractivity contribution in [3.8, 4) is 11.3 Å². The molecule has 6 rings (SSSR count). The molecule has 0 radical (unpaired) electrons. The van der Waals surface area contributed by atoms with E-state index in [0.29, 0.717) is 23.7 Å². The number of carbonyl (C=O) groups excluding carboxylic acids is 1. The number of ether oxygens (including phenoxy) is 1. The Hall–Kier alpha value is -5.01. The van der Waals surface area contributed by atoms with Crippen LogP contribution in [0.3, 0.4) is 0 Å². The van der Waals surface area contributed by atoms with Crippen LogP contribution >= 0.6 is 0 Å². The highest BCUT2D eigenvalue weighted by molar-refractivity contribution is 5.83. The zero-order chi connectivity index (χ0) is 34.5. The highest BCUT2D eigenvalue weighted by Gasteiger charge is 2.22. The van der Waals surface area contributed by atoms with E-state index < -0.39 is 17.6 Å². The van der Waals surface area contributed by atoms with Crippen LogP contribution in [0.5, 0.6) is 0 Å². The summed E-state index contributed by atoms with van der Waals surface area (Å²) in [5.41, 5.74) is 3.77. The molecule has 0 unspecified atom stereocenters. The quantitative estimate of drug-likeness (QED) is 0.151. The third-order valence-electron chi connectivity index (χ3n) is 8.93. The number of methoxy groups -OCH3 is 1. The number of pyridine rings is 1. The number of aryl methyl sites for hydroxylation is 1. The lowest BCUT2D eigenvalue weighted by Gasteiger charge is -2.34. The van der Waals surface area contributed by atoms with Crippen molar-refractivity contribution in [3.05, 3.63) is 89.5 Å². The van der Waals surface area contributed by atoms with Crippen LogP contribution in [-0.4, -0.2) is 80.1 Å². The number of carbonyl (C=O) groups is 1. The average Bonchev–Trinajstić information content (AvgIpc) is 3.46. The van der Waals surface area contributed by atoms with Crippen LogP contribution in [0.1, 0.15) is 43.3 Å². The number of hydrogen-bond acceptors (Lipinski definition) is 10. The maximum Gasteiger partial charge on any atom is 0.307 e. The zero-order valence-corrected chi connectivity index (χ0v) is 28.2. The molecule has 0 amide bonds. The summed E-state index contributed by atoms with van der Waals surface area (Å²) in [5, 5.41) is 6.68. The highest BCUT2D eigenvalue weighted by atomic mass is 19.1. The van der Waals surface area contributed by atoms with Crippen LogP contribution in [0.15, 0.2) is 60.9 Å². The monoisotopic (exact) mass is 669 g/mol. The SMILES string of the molecule is CCN1CCN(Cc2cnc(Nc3ncc(F)c(-c4cc(F)c5nc(C)n([C@H](C)CC(=O)OC)c5c4)n3)cc2NCc2ccccc2)CC1. The standard InChI is InChI=1S/C36H41F2N9O2/c1-5-45-11-13-46(14-12-45)22-27-20-40-32(18-30(27)39-19-25-9-7-6-8-10-25)43-36-41-21-29(38)34(44-36)26-16-28(37)35-31(17-26)47(24(3)42-35)23(2)15-33(48)49-4/h6-10,16-18,20-21,23H,5,11-15,19,22H2,1-4H3,(H2,39,40,41,43,44)/t23-/m1/s1. The lowest BCUT2D eigenvalue weighted by molar-refractivity contribution is -0.141. The van der Waals surface area contributed by atoms with Gasteiger partial charge in [-0.3, -0.25) is 9.69 Å². The highest BCUT2D eigenvalue weighted by Crippen LogP contribution is 2.32. The Labute approximate surface area is 284 Å². The Kier molecular flexibility index (Phi) is 10.4. The van der Waals surface area contributed by atoms with E-state index in [2.05, 4.69) is 59.4 Å². The fourth-order valence-electron chi connectivity index (χ4n) is 6.26. The Morgan fingerprint density at radius 3 is 2.47 bits per heavy atom. The lowest BCUT2D eigenvalue weighted by atomic mass is 10.1. The van der Waals surface area contributed by atoms with Crippen LogP contribution in [0.25, 0.3) is 22.3 Å². The fraction of sp³-hybridized carbons (Fsp3) is 0.361. The van der Waals surface area contributed by atoms with Crippen molar-refractivity contribution < 1.29 is 18.3 Å². The molecule has 1 aliphatic rings. The average molecular weight is 670 g/mol. The molecule has 0 saturated carbocycles. The summed E-state index contributed by atoms with van der Waals surface area (Å²) in [5.74, 6) is -0.661. The minimum Gasteiger partial charge on any atom is -0.469 e. The Balaban J connectivity index is 1.28. The Morgan fingerprint density at radius 2 is 1.73 bits per heavy atom. The van der Waals surface area contributed by atoms with Crippen LogP contribution in [-0.2, 0) is 22.6 Å². The molecule has 49 heavy (non-hydrogen) atoms. The van der Waals surface area contributed by atoms with Crippen molar-refractivity contribution in [2.45, 2.75) is 46.3 Å². The number of likely N-dealkylation sites (N-methyl/N-ethyl adjacent to an activating group) is 1. The predicted octanol–water partition coefficient (Wildman–Crippen LogP) is 6.09. The van der Waals surface area contributed by atoms with Crippen molar-refractivity contribution in [2.24, 2.45) is 0 Å². The molecule has 5 aromatic rings. The van der Waals surface area contributed by atoms with Gasteiger partial charge in [0.05, 0.1) is 25.2 Å². The smallest absolute Gasteiger partial charge is 0.307 e. The van der Waals surface area contributed by atoms with Crippen molar-refractivity contribution >= 4 is 34.5 Å². The van der Waals surface area contributed by atoms with E-state index in [1.165, 1.54) is 13.2 Å². The maximum atomic E-state index is 15.4. The second kappa shape index (κ2) is 15.0. The Morgan fingerprint density at radius 1 is 0.980 bits per heavy atom. The number of anilines is 3. The third kappa shape index (κ3) is 7.84. The molecule has 13 heteroatoms. The van der Waals surface area contributed by atoms with Crippen molar-refractivity contribution in [2.75, 3.05) is 50.5 Å². The van der Waals surface area contributed by atoms with Gasteiger partial charge < -0.3 is 24.8 Å². The minimum atomic E-state index is -0.716. The molecular weight excluding hydrogens is 628 g/mol. The van der Waals surface area contributed by atoms with Gasteiger partial charge in [0.2, 0.25) is 5.95 Å². The van der Waals surface area contributed by atoms with Gasteiger partial charge in [0, 0.05) is 74.4 Å². The Bertz CT molecular complexity index is 1930. The summed E-state index contributed by atoms with van der Waals surface area (Å²) >= 11 is 0. The largest absolute Gasteiger partial charge is 0.469 e. The summed E-state index contributed by atoms with van der Waals surface area (Å²) in [7, 11) is 1.32. The number of benzene rings is 2. The molecule has 2 N–H and O–H groups in total. The molecule has 2 aromatic carbocycles. The minimum absolute atomic E-state index is 0.0636. The second-order valence-corrected chi connectivity index (χ2v) is 12.3. The second-order valence-electron chi connectivity index (χ2n) is 12.3. The normalized spacial score (nSPS) is 14.6. The summed E-state index contributed by atoms with van der Waals surface area (Å²) in [6.45, 7) is 12.2. The first-order valence-corrected chi connectivity index (χ1v) is 16.5. The number of rotatable bonds is 12. The molecule has 256 valence electrons. The van der Waals surface area contributed by atoms with Gasteiger partial charge >= 0.3 is 5.97 Å². The molecule has 0 bridgehead atoms. The molecule has 1 aliphatic heterocycles. The number of nitrogens with one attached hydrogen (secondary N) is 2. The van der Waals surface area contributed by atoms with Gasteiger partial charge in [-0.25, -0.2) is 28.7 Å². The van der Waals surface area contributed by atoms with Gasteiger partial charge in [0.15, 0.2) is 11.6 Å². The van der Waals surface area contributed by atoms with Gasteiger partial charge in [-0.05, 0) is 38.1 Å². The summed E-state index contributed by atoms with van der Waals surface area (Å²) < 4.78 is 37.2. The number of imidazole rings is 1. The first-order chi connectivity index (χ1) is 23.7. The number of fused-ring (bicyclic) bond motifs is 1. The summed E-state index contributed by atoms with van der Waals surface area (Å²) in [6, 6.07) is 14.5. The number of halogens is 2. The van der Waals surface area contributed by atoms with Gasteiger partial charge in [-0.1, -0.05) is 37.3 Å². The maximum absolute atomic E-state index is 15.4. The molecule has 0 aliphatic carbocycles. The van der Waals surface area contributed by atoms with E-state index in [9.17, 15) is 4.79 Å². The topological polar surface area (TPSA) is 113 Å². The van der Waals surface area contributed by atoms with E-state index in [0.717, 1.165) is 62.3 Å². The van der Waals surface area contributed by atoms with E-state index in [1.54, 1.807) is 17.6 Å². The van der Waals surface area contributed by atoms with E-state index in [-0.39, 0.29) is 35.2 Å². The van der Waals surface area contributed by atoms with E-state index in [4.69, 9.17) is 4.74 Å². The fourth-order valence-corrected chi connectivity index (χ4v) is 6.26. The first kappa shape index (κ1) is 33.9. The molecular formula is C36H41F2N9O2. The van der Waals surface area contributed by atoms with Crippen LogP contribution in [0.4, 0.5) is 26.2 Å². The van der Waals surface area contributed by atoms with Crippen molar-refractivity contribution in [1.82, 2.24) is 34.3 Å². The molecule has 3 aromatic heterocycles. The van der Waals surface area contributed by atoms with Crippen molar-refractivity contribution in [3.63, 3.8) is 0 Å². The number of aromatic nitrogens is 5. The number of piperazine rings is 1. The molecule has 0 spiro atoms. The lowest BCUT2D eigenvalue weighted by Crippen LogP contribution is -2.45. The van der Waals surface area contributed by atoms with Gasteiger partial charge in [-0.15, -0.1) is 0 Å². The molecule has 11 nitrogen and oxygen atoms in total. The molecule has 1 fully saturated rings. The molecule has 1 saturated heterocycles. The van der Waals surface area contributed by atoms with Crippen LogP contribution in [0, 0.1) is 18.6 Å². The number of hydrogen-bond donors (Lipinski definition) is 2. The van der Waals surface area contributed by atoms with Gasteiger partial charge in [0.25, 0.3) is 0 Å². The van der Waals surface area contributed by atoms with Crippen LogP contribution in [0.2, 0.25) is 0 Å². The summed E-state index contributed by atoms with van der Waals surface area (Å²) in [6.07, 6.45) is 2.96.